The molecular formula is C15H32N2. The zero-order valence-corrected chi connectivity index (χ0v) is 12.3. The van der Waals surface area contributed by atoms with Gasteiger partial charge in [0.25, 0.3) is 0 Å². The van der Waals surface area contributed by atoms with E-state index in [1.807, 2.05) is 0 Å². The van der Waals surface area contributed by atoms with E-state index >= 15 is 0 Å². The number of nitrogens with one attached hydrogen (secondary N) is 1. The van der Waals surface area contributed by atoms with Gasteiger partial charge in [-0.1, -0.05) is 39.5 Å². The lowest BCUT2D eigenvalue weighted by molar-refractivity contribution is 0.153. The van der Waals surface area contributed by atoms with Gasteiger partial charge in [-0.15, -0.1) is 0 Å². The maximum Gasteiger partial charge on any atom is 0.0225 e. The van der Waals surface area contributed by atoms with E-state index in [1.165, 1.54) is 51.6 Å². The molecule has 0 aromatic carbocycles. The van der Waals surface area contributed by atoms with E-state index in [4.69, 9.17) is 0 Å². The minimum absolute atomic E-state index is 0.704. The Morgan fingerprint density at radius 2 is 1.88 bits per heavy atom. The van der Waals surface area contributed by atoms with Crippen molar-refractivity contribution in [1.82, 2.24) is 10.2 Å². The Hall–Kier alpha value is -0.0800. The van der Waals surface area contributed by atoms with Gasteiger partial charge >= 0.3 is 0 Å². The molecule has 2 nitrogen and oxygen atoms in total. The molecular weight excluding hydrogens is 208 g/mol. The lowest BCUT2D eigenvalue weighted by atomic mass is 9.74. The second-order valence-electron chi connectivity index (χ2n) is 5.94. The van der Waals surface area contributed by atoms with Crippen molar-refractivity contribution in [1.29, 1.82) is 0 Å². The van der Waals surface area contributed by atoms with Crippen molar-refractivity contribution in [2.45, 2.75) is 58.4 Å². The maximum absolute atomic E-state index is 3.79. The summed E-state index contributed by atoms with van der Waals surface area (Å²) in [4.78, 5) is 2.34. The van der Waals surface area contributed by atoms with Gasteiger partial charge in [-0.3, -0.25) is 0 Å². The normalized spacial score (nSPS) is 27.4. The predicted molar refractivity (Wildman–Crippen MR) is 76.4 cm³/mol. The molecule has 102 valence electrons. The van der Waals surface area contributed by atoms with Gasteiger partial charge in [0.2, 0.25) is 0 Å². The highest BCUT2D eigenvalue weighted by Crippen LogP contribution is 2.34. The minimum atomic E-state index is 0.704. The highest BCUT2D eigenvalue weighted by Gasteiger charge is 2.30. The number of nitrogens with zero attached hydrogens (tertiary/aromatic N) is 1. The quantitative estimate of drug-likeness (QED) is 0.735. The van der Waals surface area contributed by atoms with Crippen LogP contribution in [0.1, 0.15) is 52.4 Å². The molecule has 0 bridgehead atoms. The summed E-state index contributed by atoms with van der Waals surface area (Å²) in [6, 6.07) is 0.704. The summed E-state index contributed by atoms with van der Waals surface area (Å²) in [6.07, 6.45) is 8.40. The zero-order chi connectivity index (χ0) is 12.7. The van der Waals surface area contributed by atoms with Gasteiger partial charge in [-0.05, 0) is 45.3 Å². The van der Waals surface area contributed by atoms with E-state index in [9.17, 15) is 0 Å². The van der Waals surface area contributed by atoms with E-state index in [-0.39, 0.29) is 0 Å². The number of hydrogen-bond donors (Lipinski definition) is 1. The molecule has 0 spiro atoms. The van der Waals surface area contributed by atoms with Gasteiger partial charge < -0.3 is 10.2 Å². The Morgan fingerprint density at radius 1 is 1.18 bits per heavy atom. The van der Waals surface area contributed by atoms with E-state index in [1.54, 1.807) is 0 Å². The third-order valence-electron chi connectivity index (χ3n) is 4.23. The molecule has 1 N–H and O–H groups in total. The lowest BCUT2D eigenvalue weighted by Gasteiger charge is -2.38. The molecule has 0 amide bonds. The minimum Gasteiger partial charge on any atom is -0.312 e. The molecule has 3 atom stereocenters. The third-order valence-corrected chi connectivity index (χ3v) is 4.23. The number of rotatable bonds is 7. The molecule has 3 unspecified atom stereocenters. The lowest BCUT2D eigenvalue weighted by Crippen LogP contribution is -2.47. The van der Waals surface area contributed by atoms with Gasteiger partial charge in [-0.2, -0.15) is 0 Å². The molecule has 17 heavy (non-hydrogen) atoms. The van der Waals surface area contributed by atoms with Crippen LogP contribution in [-0.4, -0.2) is 38.1 Å². The summed E-state index contributed by atoms with van der Waals surface area (Å²) >= 11 is 0. The third kappa shape index (κ3) is 4.97. The van der Waals surface area contributed by atoms with Crippen LogP contribution in [0.4, 0.5) is 0 Å². The molecule has 0 aromatic heterocycles. The van der Waals surface area contributed by atoms with Crippen LogP contribution in [0.15, 0.2) is 0 Å². The Labute approximate surface area is 108 Å². The molecule has 1 saturated carbocycles. The molecule has 2 heteroatoms. The van der Waals surface area contributed by atoms with Crippen molar-refractivity contribution in [3.63, 3.8) is 0 Å². The molecule has 1 fully saturated rings. The average Bonchev–Trinajstić information content (AvgIpc) is 2.34. The van der Waals surface area contributed by atoms with E-state index in [0.29, 0.717) is 6.04 Å². The van der Waals surface area contributed by atoms with Crippen molar-refractivity contribution in [3.8, 4) is 0 Å². The smallest absolute Gasteiger partial charge is 0.0225 e. The van der Waals surface area contributed by atoms with Crippen LogP contribution in [0.2, 0.25) is 0 Å². The molecule has 1 aliphatic carbocycles. The summed E-state index contributed by atoms with van der Waals surface area (Å²) in [7, 11) is 4.40. The molecule has 0 heterocycles. The summed E-state index contributed by atoms with van der Waals surface area (Å²) in [6.45, 7) is 7.00. The van der Waals surface area contributed by atoms with Gasteiger partial charge in [0.15, 0.2) is 0 Å². The molecule has 1 rings (SSSR count). The van der Waals surface area contributed by atoms with Crippen LogP contribution in [0, 0.1) is 11.8 Å². The maximum atomic E-state index is 3.79. The van der Waals surface area contributed by atoms with Gasteiger partial charge in [0.1, 0.15) is 0 Å². The van der Waals surface area contributed by atoms with Crippen molar-refractivity contribution in [2.24, 2.45) is 11.8 Å². The predicted octanol–water partition coefficient (Wildman–Crippen LogP) is 3.13. The van der Waals surface area contributed by atoms with Crippen molar-refractivity contribution in [2.75, 3.05) is 27.2 Å². The first-order chi connectivity index (χ1) is 8.19. The zero-order valence-electron chi connectivity index (χ0n) is 12.3. The van der Waals surface area contributed by atoms with Crippen molar-refractivity contribution in [3.05, 3.63) is 0 Å². The van der Waals surface area contributed by atoms with Gasteiger partial charge in [-0.25, -0.2) is 0 Å². The first-order valence-corrected chi connectivity index (χ1v) is 7.57. The topological polar surface area (TPSA) is 15.3 Å². The largest absolute Gasteiger partial charge is 0.312 e. The Bertz CT molecular complexity index is 191. The second kappa shape index (κ2) is 8.10. The highest BCUT2D eigenvalue weighted by atomic mass is 15.1. The standard InChI is InChI=1S/C15H32N2/c1-5-11-16-15(12-17(3)4)14-10-8-7-9-13(14)6-2/h13-16H,5-12H2,1-4H3. The van der Waals surface area contributed by atoms with E-state index < -0.39 is 0 Å². The highest BCUT2D eigenvalue weighted by molar-refractivity contribution is 4.85. The molecule has 0 saturated heterocycles. The number of hydrogen-bond acceptors (Lipinski definition) is 2. The second-order valence-corrected chi connectivity index (χ2v) is 5.94. The van der Waals surface area contributed by atoms with Crippen LogP contribution in [-0.2, 0) is 0 Å². The van der Waals surface area contributed by atoms with Crippen molar-refractivity contribution >= 4 is 0 Å². The Morgan fingerprint density at radius 3 is 2.47 bits per heavy atom. The molecule has 0 radical (unpaired) electrons. The summed E-state index contributed by atoms with van der Waals surface area (Å²) in [5.74, 6) is 1.86. The van der Waals surface area contributed by atoms with E-state index in [0.717, 1.165) is 11.8 Å². The van der Waals surface area contributed by atoms with E-state index in [2.05, 4.69) is 38.2 Å². The van der Waals surface area contributed by atoms with Crippen LogP contribution >= 0.6 is 0 Å². The molecule has 0 aliphatic heterocycles. The van der Waals surface area contributed by atoms with Gasteiger partial charge in [0, 0.05) is 12.6 Å². The van der Waals surface area contributed by atoms with Crippen LogP contribution in [0.25, 0.3) is 0 Å². The van der Waals surface area contributed by atoms with Gasteiger partial charge in [0.05, 0.1) is 0 Å². The van der Waals surface area contributed by atoms with Crippen LogP contribution in [0.5, 0.6) is 0 Å². The fourth-order valence-electron chi connectivity index (χ4n) is 3.35. The SMILES string of the molecule is CCCNC(CN(C)C)C1CCCCC1CC. The number of likely N-dealkylation sites (N-methyl/N-ethyl adjacent to an activating group) is 1. The Balaban J connectivity index is 2.57. The van der Waals surface area contributed by atoms with Crippen molar-refractivity contribution < 1.29 is 0 Å². The fourth-order valence-corrected chi connectivity index (χ4v) is 3.35. The monoisotopic (exact) mass is 240 g/mol. The summed E-state index contributed by atoms with van der Waals surface area (Å²) in [5, 5.41) is 3.79. The fraction of sp³-hybridized carbons (Fsp3) is 1.00. The van der Waals surface area contributed by atoms with Crippen LogP contribution in [0.3, 0.4) is 0 Å². The van der Waals surface area contributed by atoms with Crippen LogP contribution < -0.4 is 5.32 Å². The summed E-state index contributed by atoms with van der Waals surface area (Å²) in [5.41, 5.74) is 0. The molecule has 0 aromatic rings. The first-order valence-electron chi connectivity index (χ1n) is 7.57. The first kappa shape index (κ1) is 15.0. The molecule has 1 aliphatic rings. The summed E-state index contributed by atoms with van der Waals surface area (Å²) < 4.78 is 0. The Kier molecular flexibility index (Phi) is 7.14. The average molecular weight is 240 g/mol.